The maximum atomic E-state index is 14.0. The smallest absolute Gasteiger partial charge is 0.255 e. The van der Waals surface area contributed by atoms with Crippen LogP contribution in [-0.2, 0) is 6.54 Å². The lowest BCUT2D eigenvalue weighted by molar-refractivity contribution is 0.0606. The number of halogens is 1. The van der Waals surface area contributed by atoms with E-state index in [4.69, 9.17) is 10.8 Å². The summed E-state index contributed by atoms with van der Waals surface area (Å²) in [5.41, 5.74) is 11.3. The summed E-state index contributed by atoms with van der Waals surface area (Å²) in [5.74, 6) is 0.481. The molecule has 0 unspecified atom stereocenters. The molecule has 1 aliphatic carbocycles. The topological polar surface area (TPSA) is 81.5 Å². The summed E-state index contributed by atoms with van der Waals surface area (Å²) in [6.07, 6.45) is 5.30. The summed E-state index contributed by atoms with van der Waals surface area (Å²) >= 11 is 0. The van der Waals surface area contributed by atoms with Crippen LogP contribution in [0.4, 0.5) is 4.39 Å². The molecule has 33 heavy (non-hydrogen) atoms. The lowest BCUT2D eigenvalue weighted by Gasteiger charge is -2.32. The number of likely N-dealkylation sites (tertiary alicyclic amines) is 1. The fourth-order valence-electron chi connectivity index (χ4n) is 4.99. The van der Waals surface area contributed by atoms with Crippen molar-refractivity contribution in [1.82, 2.24) is 24.1 Å². The van der Waals surface area contributed by atoms with E-state index in [9.17, 15) is 9.18 Å². The second-order valence-corrected chi connectivity index (χ2v) is 9.52. The zero-order chi connectivity index (χ0) is 22.7. The molecule has 170 valence electrons. The average Bonchev–Trinajstić information content (AvgIpc) is 3.47. The number of hydrogen-bond acceptors (Lipinski definition) is 4. The minimum Gasteiger partial charge on any atom is -0.334 e. The van der Waals surface area contributed by atoms with Crippen molar-refractivity contribution in [2.75, 3.05) is 13.1 Å². The number of amides is 1. The van der Waals surface area contributed by atoms with Crippen molar-refractivity contribution < 1.29 is 9.18 Å². The highest BCUT2D eigenvalue weighted by atomic mass is 19.1. The predicted octanol–water partition coefficient (Wildman–Crippen LogP) is 3.58. The molecule has 4 aromatic rings. The first-order valence-corrected chi connectivity index (χ1v) is 11.6. The van der Waals surface area contributed by atoms with Crippen LogP contribution in [0.25, 0.3) is 27.9 Å². The minimum atomic E-state index is -1.08. The third-order valence-corrected chi connectivity index (χ3v) is 6.88. The number of aromatic nitrogens is 4. The Balaban J connectivity index is 1.40. The van der Waals surface area contributed by atoms with Crippen LogP contribution in [-0.4, -0.2) is 55.3 Å². The first-order valence-electron chi connectivity index (χ1n) is 11.6. The Morgan fingerprint density at radius 2 is 2.09 bits per heavy atom. The Morgan fingerprint density at radius 3 is 2.88 bits per heavy atom. The molecule has 8 heteroatoms. The fourth-order valence-corrected chi connectivity index (χ4v) is 4.99. The van der Waals surface area contributed by atoms with Crippen LogP contribution in [0.15, 0.2) is 42.7 Å². The van der Waals surface area contributed by atoms with E-state index >= 15 is 0 Å². The van der Waals surface area contributed by atoms with Gasteiger partial charge in [0.05, 0.1) is 23.3 Å². The summed E-state index contributed by atoms with van der Waals surface area (Å²) in [7, 11) is 0. The summed E-state index contributed by atoms with van der Waals surface area (Å²) in [4.78, 5) is 19.2. The van der Waals surface area contributed by atoms with Gasteiger partial charge in [-0.25, -0.2) is 13.9 Å². The molecule has 1 amide bonds. The number of nitrogens with two attached hydrogens (primary N) is 1. The number of pyridine rings is 2. The second kappa shape index (κ2) is 7.66. The minimum absolute atomic E-state index is 0.0855. The maximum absolute atomic E-state index is 14.0. The molecule has 6 rings (SSSR count). The standard InChI is InChI=1S/C25H27FN6O/c1-15-21-7-6-18(25(33)30-13-19(26)10-20(27)14-30)12-32(21)29-23(15)22-9-17-3-2-8-28-24(17)31(22)11-16-4-5-16/h2-3,6-9,12,16,19-20H,4-5,10-11,13-14,27H2,1H3/t19-,20-/m1/s1. The van der Waals surface area contributed by atoms with Gasteiger partial charge in [-0.05, 0) is 62.4 Å². The Morgan fingerprint density at radius 1 is 1.24 bits per heavy atom. The monoisotopic (exact) mass is 446 g/mol. The molecular formula is C25H27FN6O. The second-order valence-electron chi connectivity index (χ2n) is 9.52. The van der Waals surface area contributed by atoms with E-state index in [0.29, 0.717) is 24.4 Å². The zero-order valence-electron chi connectivity index (χ0n) is 18.6. The van der Waals surface area contributed by atoms with Crippen molar-refractivity contribution in [3.05, 3.63) is 53.9 Å². The van der Waals surface area contributed by atoms with Crippen LogP contribution in [0, 0.1) is 12.8 Å². The number of alkyl halides is 1. The van der Waals surface area contributed by atoms with Gasteiger partial charge in [-0.15, -0.1) is 0 Å². The molecule has 2 N–H and O–H groups in total. The van der Waals surface area contributed by atoms with Gasteiger partial charge in [0, 0.05) is 42.5 Å². The Bertz CT molecular complexity index is 1360. The summed E-state index contributed by atoms with van der Waals surface area (Å²) in [6.45, 7) is 3.45. The van der Waals surface area contributed by atoms with Gasteiger partial charge < -0.3 is 15.2 Å². The molecule has 0 bridgehead atoms. The van der Waals surface area contributed by atoms with Gasteiger partial charge in [-0.2, -0.15) is 5.10 Å². The van der Waals surface area contributed by atoms with E-state index in [1.807, 2.05) is 18.3 Å². The highest BCUT2D eigenvalue weighted by Crippen LogP contribution is 2.36. The number of fused-ring (bicyclic) bond motifs is 2. The van der Waals surface area contributed by atoms with Gasteiger partial charge in [-0.3, -0.25) is 4.79 Å². The fraction of sp³-hybridized carbons (Fsp3) is 0.400. The molecule has 0 radical (unpaired) electrons. The number of hydrogen-bond donors (Lipinski definition) is 1. The molecule has 2 atom stereocenters. The van der Waals surface area contributed by atoms with E-state index in [1.54, 1.807) is 16.8 Å². The number of aryl methyl sites for hydroxylation is 1. The lowest BCUT2D eigenvalue weighted by Crippen LogP contribution is -2.50. The molecule has 1 saturated heterocycles. The zero-order valence-corrected chi connectivity index (χ0v) is 18.6. The first-order chi connectivity index (χ1) is 16.0. The molecule has 1 aliphatic heterocycles. The number of carbonyl (C=O) groups excluding carboxylic acids is 1. The lowest BCUT2D eigenvalue weighted by atomic mass is 10.0. The molecule has 4 aromatic heterocycles. The van der Waals surface area contributed by atoms with Crippen LogP contribution in [0.2, 0.25) is 0 Å². The largest absolute Gasteiger partial charge is 0.334 e. The average molecular weight is 447 g/mol. The molecule has 7 nitrogen and oxygen atoms in total. The van der Waals surface area contributed by atoms with Gasteiger partial charge in [0.2, 0.25) is 0 Å². The highest BCUT2D eigenvalue weighted by molar-refractivity contribution is 5.94. The van der Waals surface area contributed by atoms with Crippen LogP contribution >= 0.6 is 0 Å². The Hall–Kier alpha value is -3.26. The molecule has 0 spiro atoms. The van der Waals surface area contributed by atoms with Crippen molar-refractivity contribution in [3.8, 4) is 11.4 Å². The SMILES string of the molecule is Cc1c(-c2cc3cccnc3n2CC2CC2)nn2cc(C(=O)N3C[C@H](N)C[C@@H](F)C3)ccc12. The van der Waals surface area contributed by atoms with Crippen LogP contribution in [0.3, 0.4) is 0 Å². The van der Waals surface area contributed by atoms with E-state index in [1.165, 1.54) is 17.7 Å². The van der Waals surface area contributed by atoms with Gasteiger partial charge >= 0.3 is 0 Å². The maximum Gasteiger partial charge on any atom is 0.255 e. The van der Waals surface area contributed by atoms with Crippen LogP contribution < -0.4 is 5.73 Å². The normalized spacial score (nSPS) is 21.2. The number of rotatable bonds is 4. The molecule has 5 heterocycles. The molecule has 2 aliphatic rings. The number of nitrogens with zero attached hydrogens (tertiary/aromatic N) is 5. The summed E-state index contributed by atoms with van der Waals surface area (Å²) in [6, 6.07) is 9.58. The third kappa shape index (κ3) is 3.58. The molecule has 2 fully saturated rings. The highest BCUT2D eigenvalue weighted by Gasteiger charge is 2.29. The molecule has 1 saturated carbocycles. The van der Waals surface area contributed by atoms with Crippen molar-refractivity contribution in [2.24, 2.45) is 11.7 Å². The van der Waals surface area contributed by atoms with E-state index < -0.39 is 6.17 Å². The van der Waals surface area contributed by atoms with E-state index in [-0.39, 0.29) is 18.5 Å². The van der Waals surface area contributed by atoms with Gasteiger partial charge in [0.1, 0.15) is 17.5 Å². The van der Waals surface area contributed by atoms with Crippen molar-refractivity contribution in [3.63, 3.8) is 0 Å². The quantitative estimate of drug-likeness (QED) is 0.520. The number of carbonyl (C=O) groups is 1. The summed E-state index contributed by atoms with van der Waals surface area (Å²) in [5, 5.41) is 5.98. The van der Waals surface area contributed by atoms with Crippen LogP contribution in [0.1, 0.15) is 35.2 Å². The van der Waals surface area contributed by atoms with E-state index in [2.05, 4.69) is 28.6 Å². The first kappa shape index (κ1) is 20.4. The summed E-state index contributed by atoms with van der Waals surface area (Å²) < 4.78 is 18.0. The van der Waals surface area contributed by atoms with Crippen molar-refractivity contribution in [2.45, 2.75) is 44.9 Å². The Labute approximate surface area is 191 Å². The van der Waals surface area contributed by atoms with Gasteiger partial charge in [0.15, 0.2) is 0 Å². The van der Waals surface area contributed by atoms with Gasteiger partial charge in [-0.1, -0.05) is 0 Å². The molecular weight excluding hydrogens is 419 g/mol. The van der Waals surface area contributed by atoms with E-state index in [0.717, 1.165) is 40.0 Å². The van der Waals surface area contributed by atoms with Crippen LogP contribution in [0.5, 0.6) is 0 Å². The predicted molar refractivity (Wildman–Crippen MR) is 125 cm³/mol. The van der Waals surface area contributed by atoms with Crippen molar-refractivity contribution >= 4 is 22.5 Å². The van der Waals surface area contributed by atoms with Gasteiger partial charge in [0.25, 0.3) is 5.91 Å². The Kier molecular flexibility index (Phi) is 4.72. The number of piperidine rings is 1. The molecule has 0 aromatic carbocycles. The third-order valence-electron chi connectivity index (χ3n) is 6.88. The van der Waals surface area contributed by atoms with Crippen molar-refractivity contribution in [1.29, 1.82) is 0 Å².